The summed E-state index contributed by atoms with van der Waals surface area (Å²) in [5.41, 5.74) is 0.781. The summed E-state index contributed by atoms with van der Waals surface area (Å²) >= 11 is 0. The van der Waals surface area contributed by atoms with Crippen LogP contribution in [-0.2, 0) is 4.74 Å². The van der Waals surface area contributed by atoms with E-state index in [0.717, 1.165) is 39.3 Å². The lowest BCUT2D eigenvalue weighted by Crippen LogP contribution is -2.47. The van der Waals surface area contributed by atoms with Crippen molar-refractivity contribution in [2.24, 2.45) is 0 Å². The molecule has 1 aromatic carbocycles. The van der Waals surface area contributed by atoms with Crippen LogP contribution in [0.15, 0.2) is 30.3 Å². The normalized spacial score (nSPS) is 16.7. The lowest BCUT2D eigenvalue weighted by atomic mass is 10.1. The van der Waals surface area contributed by atoms with Gasteiger partial charge in [-0.05, 0) is 6.07 Å². The molecule has 0 atom stereocenters. The first kappa shape index (κ1) is 18.5. The lowest BCUT2D eigenvalue weighted by molar-refractivity contribution is -0.385. The molecule has 0 radical (unpaired) electrons. The Hall–Kier alpha value is -1.80. The molecule has 1 fully saturated rings. The number of benzene rings is 1. The van der Waals surface area contributed by atoms with E-state index in [9.17, 15) is 10.1 Å². The molecule has 1 aliphatic rings. The highest BCUT2D eigenvalue weighted by Crippen LogP contribution is 2.18. The Labute approximate surface area is 142 Å². The fraction of sp³-hybridized carbons (Fsp3) is 0.529. The Morgan fingerprint density at radius 3 is 2.58 bits per heavy atom. The molecule has 7 nitrogen and oxygen atoms in total. The Morgan fingerprint density at radius 1 is 1.17 bits per heavy atom. The molecule has 1 aromatic rings. The zero-order valence-corrected chi connectivity index (χ0v) is 13.8. The zero-order valence-electron chi connectivity index (χ0n) is 13.8. The number of para-hydroxylation sites is 1. The van der Waals surface area contributed by atoms with Crippen LogP contribution in [0.2, 0.25) is 0 Å². The van der Waals surface area contributed by atoms with Crippen LogP contribution in [0.25, 0.3) is 6.08 Å². The van der Waals surface area contributed by atoms with Gasteiger partial charge in [0, 0.05) is 45.3 Å². The second-order valence-corrected chi connectivity index (χ2v) is 5.70. The van der Waals surface area contributed by atoms with Crippen molar-refractivity contribution < 1.29 is 14.8 Å². The van der Waals surface area contributed by atoms with Crippen LogP contribution >= 0.6 is 0 Å². The van der Waals surface area contributed by atoms with Crippen LogP contribution in [0.4, 0.5) is 5.69 Å². The molecular weight excluding hydrogens is 310 g/mol. The number of piperazine rings is 1. The van der Waals surface area contributed by atoms with Crippen LogP contribution in [0, 0.1) is 10.1 Å². The summed E-state index contributed by atoms with van der Waals surface area (Å²) in [7, 11) is 0. The van der Waals surface area contributed by atoms with Crippen molar-refractivity contribution in [1.82, 2.24) is 9.80 Å². The highest BCUT2D eigenvalue weighted by atomic mass is 16.6. The van der Waals surface area contributed by atoms with Crippen molar-refractivity contribution in [3.8, 4) is 0 Å². The number of aliphatic hydroxyl groups is 1. The molecule has 0 bridgehead atoms. The molecule has 7 heteroatoms. The molecule has 0 amide bonds. The van der Waals surface area contributed by atoms with Gasteiger partial charge in [-0.2, -0.15) is 0 Å². The molecule has 1 saturated heterocycles. The monoisotopic (exact) mass is 335 g/mol. The third kappa shape index (κ3) is 6.01. The Kier molecular flexibility index (Phi) is 7.84. The first-order valence-electron chi connectivity index (χ1n) is 8.24. The number of nitro benzene ring substituents is 1. The third-order valence-electron chi connectivity index (χ3n) is 4.05. The maximum absolute atomic E-state index is 11.0. The largest absolute Gasteiger partial charge is 0.394 e. The fourth-order valence-corrected chi connectivity index (χ4v) is 2.68. The van der Waals surface area contributed by atoms with E-state index in [-0.39, 0.29) is 17.2 Å². The first-order chi connectivity index (χ1) is 11.7. The van der Waals surface area contributed by atoms with Crippen molar-refractivity contribution in [2.75, 3.05) is 59.1 Å². The summed E-state index contributed by atoms with van der Waals surface area (Å²) < 4.78 is 5.29. The van der Waals surface area contributed by atoms with Gasteiger partial charge in [0.2, 0.25) is 0 Å². The lowest BCUT2D eigenvalue weighted by Gasteiger charge is -2.33. The van der Waals surface area contributed by atoms with Crippen LogP contribution in [0.1, 0.15) is 5.56 Å². The maximum atomic E-state index is 11.0. The van der Waals surface area contributed by atoms with E-state index in [1.807, 2.05) is 18.2 Å². The van der Waals surface area contributed by atoms with E-state index < -0.39 is 0 Å². The summed E-state index contributed by atoms with van der Waals surface area (Å²) in [6.45, 7) is 6.72. The van der Waals surface area contributed by atoms with Gasteiger partial charge in [-0.15, -0.1) is 0 Å². The van der Waals surface area contributed by atoms with Gasteiger partial charge >= 0.3 is 0 Å². The Morgan fingerprint density at radius 2 is 1.88 bits per heavy atom. The number of nitro groups is 1. The highest BCUT2D eigenvalue weighted by molar-refractivity contribution is 5.60. The molecule has 0 aromatic heterocycles. The quantitative estimate of drug-likeness (QED) is 0.415. The predicted molar refractivity (Wildman–Crippen MR) is 92.9 cm³/mol. The van der Waals surface area contributed by atoms with Gasteiger partial charge in [0.25, 0.3) is 5.69 Å². The summed E-state index contributed by atoms with van der Waals surface area (Å²) in [6, 6.07) is 6.78. The van der Waals surface area contributed by atoms with Crippen LogP contribution in [-0.4, -0.2) is 78.9 Å². The summed E-state index contributed by atoms with van der Waals surface area (Å²) in [6.07, 6.45) is 3.82. The van der Waals surface area contributed by atoms with Gasteiger partial charge < -0.3 is 9.84 Å². The summed E-state index contributed by atoms with van der Waals surface area (Å²) in [4.78, 5) is 15.3. The Balaban J connectivity index is 1.72. The standard InChI is InChI=1S/C17H25N3O4/c21-13-15-24-14-12-19-10-8-18(9-11-19)7-3-5-16-4-1-2-6-17(16)20(22)23/h1-6,21H,7-15H2/b5-3+. The topological polar surface area (TPSA) is 79.1 Å². The van der Waals surface area contributed by atoms with Gasteiger partial charge in [0.15, 0.2) is 0 Å². The van der Waals surface area contributed by atoms with Crippen LogP contribution < -0.4 is 0 Å². The molecule has 2 rings (SSSR count). The molecule has 1 N–H and O–H groups in total. The Bertz CT molecular complexity index is 542. The molecule has 24 heavy (non-hydrogen) atoms. The number of hydrogen-bond donors (Lipinski definition) is 1. The molecular formula is C17H25N3O4. The van der Waals surface area contributed by atoms with E-state index in [4.69, 9.17) is 9.84 Å². The molecule has 0 saturated carbocycles. The van der Waals surface area contributed by atoms with Gasteiger partial charge in [-0.25, -0.2) is 0 Å². The minimum Gasteiger partial charge on any atom is -0.394 e. The van der Waals surface area contributed by atoms with Gasteiger partial charge in [0.05, 0.1) is 30.3 Å². The van der Waals surface area contributed by atoms with E-state index in [0.29, 0.717) is 18.8 Å². The van der Waals surface area contributed by atoms with E-state index in [2.05, 4.69) is 9.80 Å². The second-order valence-electron chi connectivity index (χ2n) is 5.70. The molecule has 1 heterocycles. The average molecular weight is 335 g/mol. The first-order valence-corrected chi connectivity index (χ1v) is 8.24. The summed E-state index contributed by atoms with van der Waals surface area (Å²) in [5, 5.41) is 19.6. The minimum absolute atomic E-state index is 0.0691. The molecule has 0 aliphatic carbocycles. The van der Waals surface area contributed by atoms with Gasteiger partial charge in [-0.1, -0.05) is 24.3 Å². The SMILES string of the molecule is O=[N+]([O-])c1ccccc1/C=C/CN1CCN(CCOCCO)CC1. The van der Waals surface area contributed by atoms with Crippen LogP contribution in [0.3, 0.4) is 0 Å². The van der Waals surface area contributed by atoms with Gasteiger partial charge in [-0.3, -0.25) is 19.9 Å². The predicted octanol–water partition coefficient (Wildman–Crippen LogP) is 1.23. The maximum Gasteiger partial charge on any atom is 0.276 e. The second kappa shape index (κ2) is 10.1. The van der Waals surface area contributed by atoms with E-state index in [1.165, 1.54) is 6.07 Å². The van der Waals surface area contributed by atoms with Crippen molar-refractivity contribution in [3.05, 3.63) is 46.0 Å². The van der Waals surface area contributed by atoms with E-state index >= 15 is 0 Å². The molecule has 132 valence electrons. The third-order valence-corrected chi connectivity index (χ3v) is 4.05. The van der Waals surface area contributed by atoms with Crippen molar-refractivity contribution >= 4 is 11.8 Å². The van der Waals surface area contributed by atoms with Crippen molar-refractivity contribution in [1.29, 1.82) is 0 Å². The smallest absolute Gasteiger partial charge is 0.276 e. The molecule has 0 spiro atoms. The molecule has 0 unspecified atom stereocenters. The minimum atomic E-state index is -0.350. The van der Waals surface area contributed by atoms with E-state index in [1.54, 1.807) is 12.1 Å². The average Bonchev–Trinajstić information content (AvgIpc) is 2.60. The zero-order chi connectivity index (χ0) is 17.2. The number of nitrogens with zero attached hydrogens (tertiary/aromatic N) is 3. The van der Waals surface area contributed by atoms with Crippen molar-refractivity contribution in [2.45, 2.75) is 0 Å². The van der Waals surface area contributed by atoms with Crippen molar-refractivity contribution in [3.63, 3.8) is 0 Å². The summed E-state index contributed by atoms with van der Waals surface area (Å²) in [5.74, 6) is 0. The van der Waals surface area contributed by atoms with Crippen LogP contribution in [0.5, 0.6) is 0 Å². The highest BCUT2D eigenvalue weighted by Gasteiger charge is 2.15. The molecule has 1 aliphatic heterocycles. The van der Waals surface area contributed by atoms with Gasteiger partial charge in [0.1, 0.15) is 0 Å². The fourth-order valence-electron chi connectivity index (χ4n) is 2.68. The number of aliphatic hydroxyl groups excluding tert-OH is 1. The number of rotatable bonds is 9. The number of hydrogen-bond acceptors (Lipinski definition) is 6. The number of ether oxygens (including phenoxy) is 1.